The average molecular weight is 337 g/mol. The second kappa shape index (κ2) is 6.37. The maximum atomic E-state index is 13.5. The molecule has 0 radical (unpaired) electrons. The Kier molecular flexibility index (Phi) is 4.30. The number of hydrogen-bond acceptors (Lipinski definition) is 5. The van der Waals surface area contributed by atoms with Gasteiger partial charge in [-0.1, -0.05) is 17.8 Å². The van der Waals surface area contributed by atoms with E-state index in [0.29, 0.717) is 11.0 Å². The van der Waals surface area contributed by atoms with Gasteiger partial charge in [0.15, 0.2) is 11.6 Å². The molecule has 0 spiro atoms. The van der Waals surface area contributed by atoms with E-state index in [1.165, 1.54) is 11.3 Å². The number of H-pyrrole nitrogens is 1. The number of carbonyl (C=O) groups excluding carboxylic acids is 1. The molecule has 0 amide bonds. The van der Waals surface area contributed by atoms with Crippen molar-refractivity contribution in [3.05, 3.63) is 52.9 Å². The predicted molar refractivity (Wildman–Crippen MR) is 81.1 cm³/mol. The summed E-state index contributed by atoms with van der Waals surface area (Å²) in [6.07, 6.45) is 0. The summed E-state index contributed by atoms with van der Waals surface area (Å²) in [7, 11) is 0. The van der Waals surface area contributed by atoms with E-state index >= 15 is 0 Å². The normalized spacial score (nSPS) is 10.8. The van der Waals surface area contributed by atoms with Crippen LogP contribution in [0, 0.1) is 11.6 Å². The van der Waals surface area contributed by atoms with Gasteiger partial charge in [-0.05, 0) is 29.6 Å². The number of nitrogens with one attached hydrogen (secondary N) is 1. The van der Waals surface area contributed by atoms with Crippen molar-refractivity contribution < 1.29 is 13.6 Å². The van der Waals surface area contributed by atoms with E-state index in [9.17, 15) is 13.6 Å². The zero-order chi connectivity index (χ0) is 15.5. The Morgan fingerprint density at radius 1 is 1.32 bits per heavy atom. The quantitative estimate of drug-likeness (QED) is 0.568. The molecule has 0 aliphatic carbocycles. The molecule has 1 N–H and O–H groups in total. The summed E-state index contributed by atoms with van der Waals surface area (Å²) < 4.78 is 26.6. The summed E-state index contributed by atoms with van der Waals surface area (Å²) in [6.45, 7) is 0. The molecular formula is C14H9F2N3OS2. The number of hydrogen-bond donors (Lipinski definition) is 1. The highest BCUT2D eigenvalue weighted by Gasteiger charge is 2.15. The molecule has 0 saturated heterocycles. The second-order valence-corrected chi connectivity index (χ2v) is 6.17. The molecule has 4 nitrogen and oxygen atoms in total. The Bertz CT molecular complexity index is 802. The molecule has 22 heavy (non-hydrogen) atoms. The average Bonchev–Trinajstić information content (AvgIpc) is 3.17. The first-order chi connectivity index (χ1) is 10.6. The van der Waals surface area contributed by atoms with Gasteiger partial charge in [-0.3, -0.25) is 9.89 Å². The Balaban J connectivity index is 1.67. The van der Waals surface area contributed by atoms with Gasteiger partial charge in [0.05, 0.1) is 16.2 Å². The van der Waals surface area contributed by atoms with Gasteiger partial charge in [0.25, 0.3) is 0 Å². The zero-order valence-corrected chi connectivity index (χ0v) is 12.7. The fourth-order valence-corrected chi connectivity index (χ4v) is 3.10. The molecule has 8 heteroatoms. The summed E-state index contributed by atoms with van der Waals surface area (Å²) >= 11 is 2.58. The molecule has 0 atom stereocenters. The molecule has 0 aliphatic heterocycles. The van der Waals surface area contributed by atoms with Crippen molar-refractivity contribution in [1.82, 2.24) is 15.2 Å². The standard InChI is InChI=1S/C14H9F2N3OS2/c15-8-3-4-10(16)9(6-8)11(20)7-22-14-17-13(18-19-14)12-2-1-5-21-12/h1-6H,7H2,(H,17,18,19). The summed E-state index contributed by atoms with van der Waals surface area (Å²) in [4.78, 5) is 17.1. The van der Waals surface area contributed by atoms with Crippen molar-refractivity contribution in [2.75, 3.05) is 5.75 Å². The number of rotatable bonds is 5. The van der Waals surface area contributed by atoms with Crippen molar-refractivity contribution in [2.45, 2.75) is 5.16 Å². The van der Waals surface area contributed by atoms with Gasteiger partial charge in [0.2, 0.25) is 5.16 Å². The van der Waals surface area contributed by atoms with Crippen LogP contribution in [0.15, 0.2) is 40.9 Å². The number of thiophene rings is 1. The smallest absolute Gasteiger partial charge is 0.209 e. The van der Waals surface area contributed by atoms with Gasteiger partial charge >= 0.3 is 0 Å². The van der Waals surface area contributed by atoms with Crippen LogP contribution in [0.1, 0.15) is 10.4 Å². The molecule has 1 aromatic carbocycles. The molecule has 2 heterocycles. The van der Waals surface area contributed by atoms with Crippen molar-refractivity contribution in [3.8, 4) is 10.7 Å². The van der Waals surface area contributed by atoms with Gasteiger partial charge in [0, 0.05) is 0 Å². The van der Waals surface area contributed by atoms with Crippen molar-refractivity contribution in [1.29, 1.82) is 0 Å². The summed E-state index contributed by atoms with van der Waals surface area (Å²) in [6, 6.07) is 6.60. The first-order valence-electron chi connectivity index (χ1n) is 6.21. The molecular weight excluding hydrogens is 328 g/mol. The highest BCUT2D eigenvalue weighted by molar-refractivity contribution is 7.99. The molecule has 2 aromatic heterocycles. The Morgan fingerprint density at radius 2 is 2.18 bits per heavy atom. The Labute approximate surface area is 132 Å². The Hall–Kier alpha value is -2.06. The molecule has 0 bridgehead atoms. The van der Waals surface area contributed by atoms with Crippen LogP contribution in [-0.4, -0.2) is 26.7 Å². The molecule has 112 valence electrons. The third kappa shape index (κ3) is 3.23. The lowest BCUT2D eigenvalue weighted by Crippen LogP contribution is -2.06. The van der Waals surface area contributed by atoms with Crippen molar-refractivity contribution in [2.24, 2.45) is 0 Å². The molecule has 0 aliphatic rings. The summed E-state index contributed by atoms with van der Waals surface area (Å²) in [5, 5.41) is 9.07. The third-order valence-corrected chi connectivity index (χ3v) is 4.50. The van der Waals surface area contributed by atoms with Gasteiger partial charge in [-0.15, -0.1) is 16.4 Å². The number of Topliss-reactive ketones (excluding diaryl/α,β-unsaturated/α-hetero) is 1. The third-order valence-electron chi connectivity index (χ3n) is 2.78. The fourth-order valence-electron chi connectivity index (χ4n) is 1.75. The van der Waals surface area contributed by atoms with Crippen molar-refractivity contribution in [3.63, 3.8) is 0 Å². The monoisotopic (exact) mass is 337 g/mol. The highest BCUT2D eigenvalue weighted by Crippen LogP contribution is 2.23. The minimum Gasteiger partial charge on any atom is -0.293 e. The van der Waals surface area contributed by atoms with Gasteiger partial charge in [-0.25, -0.2) is 13.8 Å². The lowest BCUT2D eigenvalue weighted by molar-refractivity contribution is 0.101. The zero-order valence-electron chi connectivity index (χ0n) is 11.0. The summed E-state index contributed by atoms with van der Waals surface area (Å²) in [5.74, 6) is -1.34. The first-order valence-corrected chi connectivity index (χ1v) is 8.07. The van der Waals surface area contributed by atoms with E-state index in [0.717, 1.165) is 34.8 Å². The molecule has 3 rings (SSSR count). The predicted octanol–water partition coefficient (Wildman–Crippen LogP) is 3.79. The maximum Gasteiger partial charge on any atom is 0.209 e. The van der Waals surface area contributed by atoms with Crippen LogP contribution in [0.25, 0.3) is 10.7 Å². The molecule has 0 saturated carbocycles. The van der Waals surface area contributed by atoms with E-state index in [-0.39, 0.29) is 11.3 Å². The number of aromatic nitrogens is 3. The van der Waals surface area contributed by atoms with Crippen LogP contribution in [0.5, 0.6) is 0 Å². The highest BCUT2D eigenvalue weighted by atomic mass is 32.2. The van der Waals surface area contributed by atoms with Crippen LogP contribution in [0.2, 0.25) is 0 Å². The largest absolute Gasteiger partial charge is 0.293 e. The first kappa shape index (κ1) is 14.9. The minimum atomic E-state index is -0.735. The van der Waals surface area contributed by atoms with E-state index < -0.39 is 17.4 Å². The van der Waals surface area contributed by atoms with Crippen molar-refractivity contribution >= 4 is 28.9 Å². The number of ketones is 1. The number of benzene rings is 1. The Morgan fingerprint density at radius 3 is 2.95 bits per heavy atom. The van der Waals surface area contributed by atoms with Gasteiger partial charge < -0.3 is 0 Å². The number of carbonyl (C=O) groups is 1. The number of halogens is 2. The molecule has 0 unspecified atom stereocenters. The van der Waals surface area contributed by atoms with Gasteiger partial charge in [0.1, 0.15) is 11.6 Å². The lowest BCUT2D eigenvalue weighted by Gasteiger charge is -2.01. The topological polar surface area (TPSA) is 58.6 Å². The van der Waals surface area contributed by atoms with E-state index in [4.69, 9.17) is 0 Å². The maximum absolute atomic E-state index is 13.5. The van der Waals surface area contributed by atoms with Crippen LogP contribution in [0.3, 0.4) is 0 Å². The van der Waals surface area contributed by atoms with E-state index in [1.807, 2.05) is 17.5 Å². The number of aromatic amines is 1. The van der Waals surface area contributed by atoms with Crippen LogP contribution in [-0.2, 0) is 0 Å². The van der Waals surface area contributed by atoms with Crippen LogP contribution in [0.4, 0.5) is 8.78 Å². The summed E-state index contributed by atoms with van der Waals surface area (Å²) in [5.41, 5.74) is -0.262. The second-order valence-electron chi connectivity index (χ2n) is 4.28. The van der Waals surface area contributed by atoms with E-state index in [1.54, 1.807) is 0 Å². The minimum absolute atomic E-state index is 0.0674. The lowest BCUT2D eigenvalue weighted by atomic mass is 10.1. The SMILES string of the molecule is O=C(CSc1n[nH]c(-c2cccs2)n1)c1cc(F)ccc1F. The molecule has 0 fully saturated rings. The van der Waals surface area contributed by atoms with Crippen LogP contribution < -0.4 is 0 Å². The number of nitrogens with zero attached hydrogens (tertiary/aromatic N) is 2. The molecule has 3 aromatic rings. The van der Waals surface area contributed by atoms with Gasteiger partial charge in [-0.2, -0.15) is 0 Å². The van der Waals surface area contributed by atoms with Crippen LogP contribution >= 0.6 is 23.1 Å². The van der Waals surface area contributed by atoms with E-state index in [2.05, 4.69) is 15.2 Å². The number of thioether (sulfide) groups is 1. The fraction of sp³-hybridized carbons (Fsp3) is 0.0714.